The van der Waals surface area contributed by atoms with Crippen molar-refractivity contribution in [3.63, 3.8) is 0 Å². The summed E-state index contributed by atoms with van der Waals surface area (Å²) in [5.74, 6) is 0.862. The molecule has 1 aromatic heterocycles. The SMILES string of the molecule is COc1ccc(C(CN)Sc2cnn(C)c2)cc1. The van der Waals surface area contributed by atoms with Crippen molar-refractivity contribution in [1.82, 2.24) is 9.78 Å². The van der Waals surface area contributed by atoms with E-state index in [-0.39, 0.29) is 5.25 Å². The van der Waals surface area contributed by atoms with Crippen LogP contribution < -0.4 is 10.5 Å². The molecule has 0 spiro atoms. The Morgan fingerprint density at radius 1 is 1.39 bits per heavy atom. The van der Waals surface area contributed by atoms with Crippen LogP contribution in [0.1, 0.15) is 10.8 Å². The number of hydrogen-bond donors (Lipinski definition) is 1. The highest BCUT2D eigenvalue weighted by Crippen LogP contribution is 2.34. The Labute approximate surface area is 111 Å². The van der Waals surface area contributed by atoms with Crippen molar-refractivity contribution in [2.75, 3.05) is 13.7 Å². The van der Waals surface area contributed by atoms with Gasteiger partial charge >= 0.3 is 0 Å². The minimum Gasteiger partial charge on any atom is -0.497 e. The van der Waals surface area contributed by atoms with Crippen molar-refractivity contribution < 1.29 is 4.74 Å². The predicted molar refractivity (Wildman–Crippen MR) is 73.9 cm³/mol. The van der Waals surface area contributed by atoms with Gasteiger partial charge in [0.05, 0.1) is 13.3 Å². The Morgan fingerprint density at radius 3 is 2.61 bits per heavy atom. The highest BCUT2D eigenvalue weighted by molar-refractivity contribution is 7.99. The molecule has 96 valence electrons. The van der Waals surface area contributed by atoms with Gasteiger partial charge in [-0.05, 0) is 17.7 Å². The van der Waals surface area contributed by atoms with Gasteiger partial charge in [-0.15, -0.1) is 11.8 Å². The normalized spacial score (nSPS) is 12.4. The average molecular weight is 263 g/mol. The lowest BCUT2D eigenvalue weighted by Crippen LogP contribution is -2.09. The zero-order chi connectivity index (χ0) is 13.0. The first-order chi connectivity index (χ1) is 8.72. The Balaban J connectivity index is 2.12. The van der Waals surface area contributed by atoms with Crippen molar-refractivity contribution in [3.05, 3.63) is 42.2 Å². The largest absolute Gasteiger partial charge is 0.497 e. The minimum absolute atomic E-state index is 0.236. The van der Waals surface area contributed by atoms with Crippen LogP contribution in [0.2, 0.25) is 0 Å². The van der Waals surface area contributed by atoms with Crippen LogP contribution >= 0.6 is 11.8 Å². The number of aromatic nitrogens is 2. The van der Waals surface area contributed by atoms with Gasteiger partial charge in [0.1, 0.15) is 5.75 Å². The third kappa shape index (κ3) is 3.05. The van der Waals surface area contributed by atoms with E-state index in [9.17, 15) is 0 Å². The lowest BCUT2D eigenvalue weighted by Gasteiger charge is -2.14. The Bertz CT molecular complexity index is 495. The van der Waals surface area contributed by atoms with Crippen LogP contribution in [0.3, 0.4) is 0 Å². The average Bonchev–Trinajstić information content (AvgIpc) is 2.82. The number of ether oxygens (including phenoxy) is 1. The summed E-state index contributed by atoms with van der Waals surface area (Å²) in [6.07, 6.45) is 3.85. The molecule has 2 N–H and O–H groups in total. The van der Waals surface area contributed by atoms with Gasteiger partial charge in [-0.2, -0.15) is 5.10 Å². The summed E-state index contributed by atoms with van der Waals surface area (Å²) in [4.78, 5) is 1.13. The van der Waals surface area contributed by atoms with Gasteiger partial charge in [-0.25, -0.2) is 0 Å². The molecule has 1 unspecified atom stereocenters. The molecule has 0 amide bonds. The van der Waals surface area contributed by atoms with E-state index in [1.807, 2.05) is 31.6 Å². The zero-order valence-electron chi connectivity index (χ0n) is 10.5. The number of rotatable bonds is 5. The minimum atomic E-state index is 0.236. The van der Waals surface area contributed by atoms with Gasteiger partial charge < -0.3 is 10.5 Å². The molecule has 0 bridgehead atoms. The monoisotopic (exact) mass is 263 g/mol. The molecule has 0 aliphatic rings. The predicted octanol–water partition coefficient (Wildman–Crippen LogP) is 2.22. The van der Waals surface area contributed by atoms with E-state index >= 15 is 0 Å². The number of methoxy groups -OCH3 is 1. The van der Waals surface area contributed by atoms with Gasteiger partial charge in [0.25, 0.3) is 0 Å². The number of thioether (sulfide) groups is 1. The van der Waals surface area contributed by atoms with Crippen LogP contribution in [-0.2, 0) is 7.05 Å². The highest BCUT2D eigenvalue weighted by Gasteiger charge is 2.12. The fourth-order valence-electron chi connectivity index (χ4n) is 1.69. The summed E-state index contributed by atoms with van der Waals surface area (Å²) in [6, 6.07) is 8.03. The number of benzene rings is 1. The maximum Gasteiger partial charge on any atom is 0.118 e. The van der Waals surface area contributed by atoms with Crippen LogP contribution in [0.4, 0.5) is 0 Å². The van der Waals surface area contributed by atoms with Crippen molar-refractivity contribution in [2.45, 2.75) is 10.1 Å². The Morgan fingerprint density at radius 2 is 2.11 bits per heavy atom. The summed E-state index contributed by atoms with van der Waals surface area (Å²) >= 11 is 1.73. The standard InChI is InChI=1S/C13H17N3OS/c1-16-9-12(8-15-16)18-13(7-14)10-3-5-11(17-2)6-4-10/h3-6,8-9,13H,7,14H2,1-2H3. The van der Waals surface area contributed by atoms with Crippen LogP contribution in [0.15, 0.2) is 41.6 Å². The molecule has 1 atom stereocenters. The summed E-state index contributed by atoms with van der Waals surface area (Å²) in [5, 5.41) is 4.40. The maximum atomic E-state index is 5.85. The molecule has 2 aromatic rings. The molecule has 1 aromatic carbocycles. The Kier molecular flexibility index (Phi) is 4.28. The van der Waals surface area contributed by atoms with Crippen molar-refractivity contribution in [3.8, 4) is 5.75 Å². The molecule has 0 aliphatic heterocycles. The van der Waals surface area contributed by atoms with E-state index in [0.717, 1.165) is 10.6 Å². The summed E-state index contributed by atoms with van der Waals surface area (Å²) in [5.41, 5.74) is 7.05. The topological polar surface area (TPSA) is 53.1 Å². The quantitative estimate of drug-likeness (QED) is 0.840. The van der Waals surface area contributed by atoms with Gasteiger partial charge in [0, 0.05) is 29.9 Å². The molecule has 0 saturated heterocycles. The molecule has 5 heteroatoms. The van der Waals surface area contributed by atoms with E-state index in [4.69, 9.17) is 10.5 Å². The fourth-order valence-corrected chi connectivity index (χ4v) is 2.73. The first-order valence-electron chi connectivity index (χ1n) is 5.72. The lowest BCUT2D eigenvalue weighted by atomic mass is 10.1. The molecule has 18 heavy (non-hydrogen) atoms. The summed E-state index contributed by atoms with van der Waals surface area (Å²) in [6.45, 7) is 0.589. The van der Waals surface area contributed by atoms with Crippen molar-refractivity contribution >= 4 is 11.8 Å². The summed E-state index contributed by atoms with van der Waals surface area (Å²) in [7, 11) is 3.58. The molecule has 0 radical (unpaired) electrons. The van der Waals surface area contributed by atoms with Crippen LogP contribution in [0.25, 0.3) is 0 Å². The highest BCUT2D eigenvalue weighted by atomic mass is 32.2. The molecule has 2 rings (SSSR count). The van der Waals surface area contributed by atoms with Gasteiger partial charge in [-0.3, -0.25) is 4.68 Å². The van der Waals surface area contributed by atoms with Gasteiger partial charge in [0.2, 0.25) is 0 Å². The number of aryl methyl sites for hydroxylation is 1. The smallest absolute Gasteiger partial charge is 0.118 e. The molecule has 4 nitrogen and oxygen atoms in total. The van der Waals surface area contributed by atoms with E-state index < -0.39 is 0 Å². The van der Waals surface area contributed by atoms with Crippen molar-refractivity contribution in [2.24, 2.45) is 12.8 Å². The number of nitrogens with two attached hydrogens (primary N) is 1. The number of nitrogens with zero attached hydrogens (tertiary/aromatic N) is 2. The molecule has 0 aliphatic carbocycles. The molecule has 1 heterocycles. The zero-order valence-corrected chi connectivity index (χ0v) is 11.4. The second-order valence-electron chi connectivity index (χ2n) is 3.97. The number of hydrogen-bond acceptors (Lipinski definition) is 4. The molecule has 0 saturated carbocycles. The van der Waals surface area contributed by atoms with Crippen LogP contribution in [0.5, 0.6) is 5.75 Å². The molecule has 0 fully saturated rings. The van der Waals surface area contributed by atoms with E-state index in [1.54, 1.807) is 23.6 Å². The van der Waals surface area contributed by atoms with Crippen LogP contribution in [-0.4, -0.2) is 23.4 Å². The third-order valence-corrected chi connectivity index (χ3v) is 3.89. The fraction of sp³-hybridized carbons (Fsp3) is 0.308. The van der Waals surface area contributed by atoms with E-state index in [2.05, 4.69) is 17.2 Å². The second-order valence-corrected chi connectivity index (χ2v) is 5.24. The van der Waals surface area contributed by atoms with Crippen molar-refractivity contribution in [1.29, 1.82) is 0 Å². The summed E-state index contributed by atoms with van der Waals surface area (Å²) < 4.78 is 6.95. The first kappa shape index (κ1) is 13.0. The first-order valence-corrected chi connectivity index (χ1v) is 6.60. The van der Waals surface area contributed by atoms with E-state index in [1.165, 1.54) is 5.56 Å². The van der Waals surface area contributed by atoms with Gasteiger partial charge in [-0.1, -0.05) is 12.1 Å². The Hall–Kier alpha value is -1.46. The maximum absolute atomic E-state index is 5.85. The van der Waals surface area contributed by atoms with E-state index in [0.29, 0.717) is 6.54 Å². The van der Waals surface area contributed by atoms with Crippen LogP contribution in [0, 0.1) is 0 Å². The molecular formula is C13H17N3OS. The second kappa shape index (κ2) is 5.93. The van der Waals surface area contributed by atoms with Gasteiger partial charge in [0.15, 0.2) is 0 Å². The lowest BCUT2D eigenvalue weighted by molar-refractivity contribution is 0.414. The third-order valence-electron chi connectivity index (χ3n) is 2.66. The molecular weight excluding hydrogens is 246 g/mol.